The third kappa shape index (κ3) is 4.11. The summed E-state index contributed by atoms with van der Waals surface area (Å²) in [5.41, 5.74) is 1.39. The number of hydrogen-bond donors (Lipinski definition) is 1. The van der Waals surface area contributed by atoms with E-state index in [1.807, 2.05) is 13.0 Å². The van der Waals surface area contributed by atoms with E-state index < -0.39 is 0 Å². The molecule has 0 aliphatic heterocycles. The third-order valence-electron chi connectivity index (χ3n) is 2.19. The van der Waals surface area contributed by atoms with Gasteiger partial charge in [-0.3, -0.25) is 0 Å². The maximum atomic E-state index is 5.25. The van der Waals surface area contributed by atoms with Crippen LogP contribution in [-0.2, 0) is 6.42 Å². The molecule has 0 heterocycles. The average Bonchev–Trinajstić information content (AvgIpc) is 2.25. The fraction of sp³-hybridized carbons (Fsp3) is 0.385. The molecule has 0 aliphatic rings. The quantitative estimate of drug-likeness (QED) is 0.550. The number of nitrogens with one attached hydrogen (secondary N) is 1. The van der Waals surface area contributed by atoms with Crippen LogP contribution in [0, 0.1) is 12.3 Å². The predicted molar refractivity (Wildman–Crippen MR) is 61.1 cm³/mol. The highest BCUT2D eigenvalue weighted by molar-refractivity contribution is 5.14. The number of hydrogen-bond acceptors (Lipinski definition) is 1. The zero-order chi connectivity index (χ0) is 10.2. The lowest BCUT2D eigenvalue weighted by Gasteiger charge is -2.06. The van der Waals surface area contributed by atoms with E-state index in [0.717, 1.165) is 19.4 Å². The van der Waals surface area contributed by atoms with E-state index in [4.69, 9.17) is 6.42 Å². The van der Waals surface area contributed by atoms with E-state index in [1.54, 1.807) is 0 Å². The molecule has 14 heavy (non-hydrogen) atoms. The Morgan fingerprint density at radius 3 is 2.71 bits per heavy atom. The monoisotopic (exact) mass is 187 g/mol. The first-order valence-corrected chi connectivity index (χ1v) is 5.06. The maximum Gasteiger partial charge on any atom is 0.0658 e. The predicted octanol–water partition coefficient (Wildman–Crippen LogP) is 2.23. The smallest absolute Gasteiger partial charge is 0.0658 e. The second kappa shape index (κ2) is 6.23. The van der Waals surface area contributed by atoms with Crippen LogP contribution in [0.25, 0.3) is 0 Å². The Kier molecular flexibility index (Phi) is 4.82. The summed E-state index contributed by atoms with van der Waals surface area (Å²) < 4.78 is 0. The molecule has 0 bridgehead atoms. The largest absolute Gasteiger partial charge is 0.304 e. The van der Waals surface area contributed by atoms with Crippen LogP contribution < -0.4 is 5.32 Å². The fourth-order valence-corrected chi connectivity index (χ4v) is 1.31. The molecular weight excluding hydrogens is 170 g/mol. The summed E-state index contributed by atoms with van der Waals surface area (Å²) in [4.78, 5) is 0. The van der Waals surface area contributed by atoms with Crippen molar-refractivity contribution in [1.82, 2.24) is 5.32 Å². The lowest BCUT2D eigenvalue weighted by atomic mass is 10.1. The summed E-state index contributed by atoms with van der Waals surface area (Å²) in [7, 11) is 0. The van der Waals surface area contributed by atoms with Crippen LogP contribution in [0.5, 0.6) is 0 Å². The van der Waals surface area contributed by atoms with Gasteiger partial charge in [0.25, 0.3) is 0 Å². The van der Waals surface area contributed by atoms with E-state index in [0.29, 0.717) is 0 Å². The molecule has 0 radical (unpaired) electrons. The Balaban J connectivity index is 2.14. The first-order valence-electron chi connectivity index (χ1n) is 5.06. The zero-order valence-corrected chi connectivity index (χ0v) is 8.66. The van der Waals surface area contributed by atoms with Crippen LogP contribution in [0.3, 0.4) is 0 Å². The Bertz CT molecular complexity index is 284. The van der Waals surface area contributed by atoms with Crippen molar-refractivity contribution < 1.29 is 0 Å². The van der Waals surface area contributed by atoms with E-state index >= 15 is 0 Å². The summed E-state index contributed by atoms with van der Waals surface area (Å²) in [5, 5.41) is 3.27. The molecule has 1 nitrogen and oxygen atoms in total. The van der Waals surface area contributed by atoms with Crippen molar-refractivity contribution in [2.45, 2.75) is 25.8 Å². The molecule has 1 atom stereocenters. The molecule has 1 aromatic carbocycles. The van der Waals surface area contributed by atoms with Gasteiger partial charge in [0.15, 0.2) is 0 Å². The Labute approximate surface area is 86.5 Å². The van der Waals surface area contributed by atoms with E-state index in [1.165, 1.54) is 5.56 Å². The second-order valence-corrected chi connectivity index (χ2v) is 3.43. The van der Waals surface area contributed by atoms with Gasteiger partial charge >= 0.3 is 0 Å². The minimum absolute atomic E-state index is 0.186. The number of terminal acetylenes is 1. The van der Waals surface area contributed by atoms with Crippen molar-refractivity contribution in [3.63, 3.8) is 0 Å². The highest BCUT2D eigenvalue weighted by Crippen LogP contribution is 2.01. The summed E-state index contributed by atoms with van der Waals surface area (Å²) >= 11 is 0. The van der Waals surface area contributed by atoms with Gasteiger partial charge < -0.3 is 5.32 Å². The zero-order valence-electron chi connectivity index (χ0n) is 8.66. The van der Waals surface area contributed by atoms with Gasteiger partial charge in [-0.15, -0.1) is 6.42 Å². The average molecular weight is 187 g/mol. The normalized spacial score (nSPS) is 12.0. The molecule has 1 aromatic rings. The fourth-order valence-electron chi connectivity index (χ4n) is 1.31. The molecule has 0 saturated carbocycles. The lowest BCUT2D eigenvalue weighted by molar-refractivity contribution is 0.617. The first kappa shape index (κ1) is 10.8. The lowest BCUT2D eigenvalue weighted by Crippen LogP contribution is -2.25. The number of benzene rings is 1. The van der Waals surface area contributed by atoms with Gasteiger partial charge in [0, 0.05) is 0 Å². The molecule has 1 unspecified atom stereocenters. The molecule has 0 fully saturated rings. The van der Waals surface area contributed by atoms with Crippen LogP contribution >= 0.6 is 0 Å². The third-order valence-corrected chi connectivity index (χ3v) is 2.19. The Morgan fingerprint density at radius 1 is 1.36 bits per heavy atom. The van der Waals surface area contributed by atoms with Crippen molar-refractivity contribution in [2.24, 2.45) is 0 Å². The minimum Gasteiger partial charge on any atom is -0.304 e. The summed E-state index contributed by atoms with van der Waals surface area (Å²) in [6, 6.07) is 10.7. The van der Waals surface area contributed by atoms with E-state index in [2.05, 4.69) is 35.5 Å². The standard InChI is InChI=1S/C13H17N/c1-3-12(2)14-11-7-10-13-8-5-4-6-9-13/h1,4-6,8-9,12,14H,7,10-11H2,2H3. The van der Waals surface area contributed by atoms with Crippen molar-refractivity contribution in [3.8, 4) is 12.3 Å². The molecule has 0 saturated heterocycles. The molecule has 0 aromatic heterocycles. The van der Waals surface area contributed by atoms with Crippen LogP contribution in [0.2, 0.25) is 0 Å². The van der Waals surface area contributed by atoms with Crippen LogP contribution in [0.4, 0.5) is 0 Å². The number of rotatable bonds is 5. The highest BCUT2D eigenvalue weighted by atomic mass is 14.9. The van der Waals surface area contributed by atoms with Gasteiger partial charge in [-0.2, -0.15) is 0 Å². The van der Waals surface area contributed by atoms with Crippen molar-refractivity contribution in [2.75, 3.05) is 6.54 Å². The summed E-state index contributed by atoms with van der Waals surface area (Å²) in [6.07, 6.45) is 7.50. The maximum absolute atomic E-state index is 5.25. The van der Waals surface area contributed by atoms with Crippen molar-refractivity contribution in [3.05, 3.63) is 35.9 Å². The summed E-state index contributed by atoms with van der Waals surface area (Å²) in [6.45, 7) is 2.99. The molecule has 0 aliphatic carbocycles. The van der Waals surface area contributed by atoms with Gasteiger partial charge in [-0.05, 0) is 31.9 Å². The number of aryl methyl sites for hydroxylation is 1. The Morgan fingerprint density at radius 2 is 2.07 bits per heavy atom. The van der Waals surface area contributed by atoms with Crippen molar-refractivity contribution in [1.29, 1.82) is 0 Å². The molecule has 1 N–H and O–H groups in total. The Hall–Kier alpha value is -1.26. The second-order valence-electron chi connectivity index (χ2n) is 3.43. The molecule has 0 spiro atoms. The van der Waals surface area contributed by atoms with Crippen LogP contribution in [0.15, 0.2) is 30.3 Å². The van der Waals surface area contributed by atoms with E-state index in [9.17, 15) is 0 Å². The molecular formula is C13H17N. The topological polar surface area (TPSA) is 12.0 Å². The first-order chi connectivity index (χ1) is 6.83. The SMILES string of the molecule is C#CC(C)NCCCc1ccccc1. The molecule has 1 rings (SSSR count). The highest BCUT2D eigenvalue weighted by Gasteiger charge is 1.95. The minimum atomic E-state index is 0.186. The van der Waals surface area contributed by atoms with Gasteiger partial charge in [0.05, 0.1) is 6.04 Å². The van der Waals surface area contributed by atoms with Crippen LogP contribution in [-0.4, -0.2) is 12.6 Å². The van der Waals surface area contributed by atoms with Crippen LogP contribution in [0.1, 0.15) is 18.9 Å². The van der Waals surface area contributed by atoms with Gasteiger partial charge in [0.2, 0.25) is 0 Å². The van der Waals surface area contributed by atoms with Crippen molar-refractivity contribution >= 4 is 0 Å². The summed E-state index contributed by atoms with van der Waals surface area (Å²) in [5.74, 6) is 2.65. The van der Waals surface area contributed by atoms with Gasteiger partial charge in [-0.1, -0.05) is 36.3 Å². The molecule has 0 amide bonds. The van der Waals surface area contributed by atoms with E-state index in [-0.39, 0.29) is 6.04 Å². The van der Waals surface area contributed by atoms with Gasteiger partial charge in [-0.25, -0.2) is 0 Å². The molecule has 74 valence electrons. The van der Waals surface area contributed by atoms with Gasteiger partial charge in [0.1, 0.15) is 0 Å². The molecule has 1 heteroatoms.